The Kier molecular flexibility index (Phi) is 6.68. The van der Waals surface area contributed by atoms with Crippen LogP contribution in [0.4, 0.5) is 4.39 Å². The summed E-state index contributed by atoms with van der Waals surface area (Å²) >= 11 is 0. The van der Waals surface area contributed by atoms with E-state index in [1.807, 2.05) is 6.92 Å². The fourth-order valence-electron chi connectivity index (χ4n) is 2.16. The number of unbranched alkanes of at least 4 members (excludes halogenated alkanes) is 1. The van der Waals surface area contributed by atoms with Gasteiger partial charge in [0.2, 0.25) is 0 Å². The molecule has 0 N–H and O–H groups in total. The Bertz CT molecular complexity index is 759. The van der Waals surface area contributed by atoms with Gasteiger partial charge >= 0.3 is 0 Å². The molecule has 0 spiro atoms. The van der Waals surface area contributed by atoms with E-state index >= 15 is 0 Å². The maximum Gasteiger partial charge on any atom is 0.274 e. The first kappa shape index (κ1) is 18.6. The standard InChI is InChI=1S/C18H22FN3O3/c1-3-4-11-22-17(23)10-9-16(20-22)18(24)21(2)12-13-25-15-7-5-14(19)6-8-15/h5-10H,3-4,11-13H2,1-2H3. The third kappa shape index (κ3) is 5.41. The van der Waals surface area contributed by atoms with Crippen LogP contribution >= 0.6 is 0 Å². The first-order chi connectivity index (χ1) is 12.0. The average Bonchev–Trinajstić information content (AvgIpc) is 2.62. The highest BCUT2D eigenvalue weighted by Gasteiger charge is 2.14. The van der Waals surface area contributed by atoms with Gasteiger partial charge in [-0.15, -0.1) is 0 Å². The van der Waals surface area contributed by atoms with Crippen molar-refractivity contribution in [2.24, 2.45) is 0 Å². The highest BCUT2D eigenvalue weighted by atomic mass is 19.1. The van der Waals surface area contributed by atoms with Crippen LogP contribution in [0, 0.1) is 5.82 Å². The van der Waals surface area contributed by atoms with Gasteiger partial charge in [0.25, 0.3) is 11.5 Å². The number of rotatable bonds is 8. The number of hydrogen-bond donors (Lipinski definition) is 0. The van der Waals surface area contributed by atoms with E-state index in [0.29, 0.717) is 18.8 Å². The number of carbonyl (C=O) groups excluding carboxylic acids is 1. The first-order valence-electron chi connectivity index (χ1n) is 8.23. The van der Waals surface area contributed by atoms with Gasteiger partial charge in [0.05, 0.1) is 6.54 Å². The van der Waals surface area contributed by atoms with Gasteiger partial charge in [-0.1, -0.05) is 13.3 Å². The average molecular weight is 347 g/mol. The van der Waals surface area contributed by atoms with E-state index < -0.39 is 0 Å². The quantitative estimate of drug-likeness (QED) is 0.735. The summed E-state index contributed by atoms with van der Waals surface area (Å²) in [6, 6.07) is 8.48. The summed E-state index contributed by atoms with van der Waals surface area (Å²) in [5, 5.41) is 4.14. The molecule has 0 aliphatic heterocycles. The third-order valence-electron chi connectivity index (χ3n) is 3.66. The Labute approximate surface area is 145 Å². The van der Waals surface area contributed by atoms with Crippen molar-refractivity contribution in [1.82, 2.24) is 14.7 Å². The second-order valence-electron chi connectivity index (χ2n) is 5.66. The van der Waals surface area contributed by atoms with Crippen LogP contribution in [0.1, 0.15) is 30.3 Å². The second kappa shape index (κ2) is 8.96. The molecule has 1 aromatic heterocycles. The molecule has 2 aromatic rings. The van der Waals surface area contributed by atoms with Crippen molar-refractivity contribution < 1.29 is 13.9 Å². The molecule has 0 aliphatic rings. The number of likely N-dealkylation sites (N-methyl/N-ethyl adjacent to an activating group) is 1. The molecule has 1 heterocycles. The van der Waals surface area contributed by atoms with Gasteiger partial charge in [-0.05, 0) is 36.8 Å². The molecule has 0 atom stereocenters. The molecule has 0 saturated carbocycles. The summed E-state index contributed by atoms with van der Waals surface area (Å²) in [5.74, 6) is -0.0784. The highest BCUT2D eigenvalue weighted by Crippen LogP contribution is 2.11. The molecule has 6 nitrogen and oxygen atoms in total. The summed E-state index contributed by atoms with van der Waals surface area (Å²) in [4.78, 5) is 25.6. The second-order valence-corrected chi connectivity index (χ2v) is 5.66. The van der Waals surface area contributed by atoms with Crippen molar-refractivity contribution >= 4 is 5.91 Å². The molecule has 0 saturated heterocycles. The van der Waals surface area contributed by atoms with Gasteiger partial charge < -0.3 is 9.64 Å². The largest absolute Gasteiger partial charge is 0.492 e. The molecule has 134 valence electrons. The van der Waals surface area contributed by atoms with Crippen molar-refractivity contribution in [2.45, 2.75) is 26.3 Å². The zero-order valence-corrected chi connectivity index (χ0v) is 14.4. The van der Waals surface area contributed by atoms with Crippen LogP contribution < -0.4 is 10.3 Å². The molecule has 1 amide bonds. The minimum atomic E-state index is -0.330. The van der Waals surface area contributed by atoms with E-state index in [0.717, 1.165) is 12.8 Å². The summed E-state index contributed by atoms with van der Waals surface area (Å²) in [6.07, 6.45) is 1.76. The normalized spacial score (nSPS) is 10.5. The van der Waals surface area contributed by atoms with Crippen LogP contribution in [0.3, 0.4) is 0 Å². The summed E-state index contributed by atoms with van der Waals surface area (Å²) in [7, 11) is 1.64. The van der Waals surface area contributed by atoms with Gasteiger partial charge in [-0.2, -0.15) is 5.10 Å². The fourth-order valence-corrected chi connectivity index (χ4v) is 2.16. The van der Waals surface area contributed by atoms with E-state index in [1.165, 1.54) is 46.0 Å². The van der Waals surface area contributed by atoms with Gasteiger partial charge in [0.15, 0.2) is 0 Å². The van der Waals surface area contributed by atoms with Crippen LogP contribution in [0.5, 0.6) is 5.75 Å². The van der Waals surface area contributed by atoms with E-state index in [9.17, 15) is 14.0 Å². The molecule has 0 bridgehead atoms. The highest BCUT2D eigenvalue weighted by molar-refractivity contribution is 5.91. The zero-order chi connectivity index (χ0) is 18.2. The van der Waals surface area contributed by atoms with Gasteiger partial charge in [0.1, 0.15) is 23.9 Å². The predicted octanol–water partition coefficient (Wildman–Crippen LogP) is 2.33. The summed E-state index contributed by atoms with van der Waals surface area (Å²) in [5.41, 5.74) is 0.00674. The number of benzene rings is 1. The van der Waals surface area contributed by atoms with Gasteiger partial charge in [-0.25, -0.2) is 9.07 Å². The number of amides is 1. The lowest BCUT2D eigenvalue weighted by Crippen LogP contribution is -2.33. The van der Waals surface area contributed by atoms with E-state index in [4.69, 9.17) is 4.74 Å². The number of nitrogens with zero attached hydrogens (tertiary/aromatic N) is 3. The fraction of sp³-hybridized carbons (Fsp3) is 0.389. The molecule has 0 unspecified atom stereocenters. The number of aryl methyl sites for hydroxylation is 1. The molecule has 0 aliphatic carbocycles. The minimum Gasteiger partial charge on any atom is -0.492 e. The maximum absolute atomic E-state index is 12.8. The van der Waals surface area contributed by atoms with Crippen molar-refractivity contribution in [1.29, 1.82) is 0 Å². The van der Waals surface area contributed by atoms with Gasteiger partial charge in [0, 0.05) is 19.7 Å². The summed E-state index contributed by atoms with van der Waals surface area (Å²) < 4.78 is 19.6. The van der Waals surface area contributed by atoms with Gasteiger partial charge in [-0.3, -0.25) is 9.59 Å². The first-order valence-corrected chi connectivity index (χ1v) is 8.23. The number of halogens is 1. The Morgan fingerprint density at radius 1 is 1.24 bits per heavy atom. The van der Waals surface area contributed by atoms with Crippen molar-refractivity contribution in [3.05, 3.63) is 58.3 Å². The van der Waals surface area contributed by atoms with Crippen molar-refractivity contribution in [3.63, 3.8) is 0 Å². The smallest absolute Gasteiger partial charge is 0.274 e. The van der Waals surface area contributed by atoms with Crippen molar-refractivity contribution in [2.75, 3.05) is 20.2 Å². The Balaban J connectivity index is 1.92. The van der Waals surface area contributed by atoms with Crippen LogP contribution in [-0.2, 0) is 6.54 Å². The summed E-state index contributed by atoms with van der Waals surface area (Å²) in [6.45, 7) is 3.12. The molecule has 2 rings (SSSR count). The van der Waals surface area contributed by atoms with E-state index in [-0.39, 0.29) is 29.6 Å². The Morgan fingerprint density at radius 2 is 1.96 bits per heavy atom. The molecule has 7 heteroatoms. The molecular weight excluding hydrogens is 325 g/mol. The predicted molar refractivity (Wildman–Crippen MR) is 92.3 cm³/mol. The number of ether oxygens (including phenoxy) is 1. The molecule has 0 fully saturated rings. The lowest BCUT2D eigenvalue weighted by molar-refractivity contribution is 0.0765. The lowest BCUT2D eigenvalue weighted by Gasteiger charge is -2.17. The molecule has 0 radical (unpaired) electrons. The van der Waals surface area contributed by atoms with Crippen LogP contribution in [-0.4, -0.2) is 40.8 Å². The van der Waals surface area contributed by atoms with Crippen LogP contribution in [0.25, 0.3) is 0 Å². The Morgan fingerprint density at radius 3 is 2.64 bits per heavy atom. The van der Waals surface area contributed by atoms with Crippen LogP contribution in [0.15, 0.2) is 41.2 Å². The minimum absolute atomic E-state index is 0.215. The third-order valence-corrected chi connectivity index (χ3v) is 3.66. The number of hydrogen-bond acceptors (Lipinski definition) is 4. The number of aromatic nitrogens is 2. The van der Waals surface area contributed by atoms with E-state index in [2.05, 4.69) is 5.10 Å². The van der Waals surface area contributed by atoms with Crippen LogP contribution in [0.2, 0.25) is 0 Å². The topological polar surface area (TPSA) is 64.4 Å². The lowest BCUT2D eigenvalue weighted by atomic mass is 10.3. The number of carbonyl (C=O) groups is 1. The Hall–Kier alpha value is -2.70. The molecule has 25 heavy (non-hydrogen) atoms. The molecular formula is C18H22FN3O3. The maximum atomic E-state index is 12.8. The van der Waals surface area contributed by atoms with Crippen molar-refractivity contribution in [3.8, 4) is 5.75 Å². The zero-order valence-electron chi connectivity index (χ0n) is 14.4. The monoisotopic (exact) mass is 347 g/mol. The SMILES string of the molecule is CCCCn1nc(C(=O)N(C)CCOc2ccc(F)cc2)ccc1=O. The van der Waals surface area contributed by atoms with E-state index in [1.54, 1.807) is 7.05 Å². The molecule has 1 aromatic carbocycles.